The molecule has 9 N–H and O–H groups in total. The lowest BCUT2D eigenvalue weighted by molar-refractivity contribution is -0.191. The predicted octanol–water partition coefficient (Wildman–Crippen LogP) is 12.6. The minimum absolute atomic E-state index is 0.0215. The monoisotopic (exact) mass is 1470 g/mol. The molecule has 8 saturated carbocycles. The fourth-order valence-electron chi connectivity index (χ4n) is 26.8. The minimum Gasteiger partial charge on any atom is -0.378 e. The van der Waals surface area contributed by atoms with Gasteiger partial charge in [-0.1, -0.05) is 158 Å². The Labute approximate surface area is 638 Å². The maximum absolute atomic E-state index is 7.93. The second-order valence-electron chi connectivity index (χ2n) is 37.5. The van der Waals surface area contributed by atoms with E-state index in [0.717, 1.165) is 218 Å². The number of piperidine rings is 2. The molecular weight excluding hydrogens is 1310 g/mol. The van der Waals surface area contributed by atoms with Crippen molar-refractivity contribution in [3.05, 3.63) is 0 Å². The number of hydrogen-bond donors (Lipinski definition) is 9. The zero-order valence-electron chi connectivity index (χ0n) is 67.7. The molecular formula is C87H156N10O8. The molecule has 7 saturated heterocycles. The third-order valence-electron chi connectivity index (χ3n) is 31.6. The van der Waals surface area contributed by atoms with Crippen LogP contribution in [0.1, 0.15) is 261 Å². The molecule has 0 aromatic carbocycles. The Kier molecular flexibility index (Phi) is 28.6. The summed E-state index contributed by atoms with van der Waals surface area (Å²) in [7, 11) is 2.50. The average Bonchev–Trinajstić information content (AvgIpc) is 1.58. The Hall–Kier alpha value is -0.720. The fraction of sp³-hybridized carbons (Fsp3) is 1.00. The van der Waals surface area contributed by atoms with Crippen LogP contribution in [0.3, 0.4) is 0 Å². The number of unbranched alkanes of at least 4 members (excludes halogenated alkanes) is 8. The highest BCUT2D eigenvalue weighted by Gasteiger charge is 2.70. The molecule has 8 bridgehead atoms. The quantitative estimate of drug-likeness (QED) is 0.0290. The van der Waals surface area contributed by atoms with E-state index in [1.807, 2.05) is 0 Å². The number of fused-ring (bicyclic) bond motifs is 26. The van der Waals surface area contributed by atoms with Gasteiger partial charge in [0.25, 0.3) is 0 Å². The third kappa shape index (κ3) is 16.3. The molecule has 15 rings (SSSR count). The van der Waals surface area contributed by atoms with Crippen LogP contribution in [-0.2, 0) is 37.9 Å². The molecule has 15 fully saturated rings. The van der Waals surface area contributed by atoms with E-state index in [2.05, 4.69) is 78.0 Å². The van der Waals surface area contributed by atoms with E-state index in [0.29, 0.717) is 35.5 Å². The number of nitrogens with zero attached hydrogens (tertiary/aromatic N) is 1. The molecule has 602 valence electrons. The van der Waals surface area contributed by atoms with Crippen molar-refractivity contribution in [2.45, 2.75) is 371 Å². The number of ether oxygens (including phenoxy) is 8. The molecule has 18 heteroatoms. The van der Waals surface area contributed by atoms with Gasteiger partial charge in [-0.15, -0.1) is 0 Å². The number of nitrogens with one attached hydrogen (secondary N) is 9. The van der Waals surface area contributed by atoms with Gasteiger partial charge in [0.15, 0.2) is 0 Å². The van der Waals surface area contributed by atoms with Crippen LogP contribution >= 0.6 is 0 Å². The maximum atomic E-state index is 7.93. The topological polar surface area (TPSA) is 185 Å². The van der Waals surface area contributed by atoms with Gasteiger partial charge < -0.3 is 48.5 Å². The Morgan fingerprint density at radius 2 is 0.486 bits per heavy atom. The lowest BCUT2D eigenvalue weighted by Crippen LogP contribution is -2.68. The van der Waals surface area contributed by atoms with Crippen molar-refractivity contribution in [2.75, 3.05) is 73.0 Å². The zero-order valence-corrected chi connectivity index (χ0v) is 67.7. The first-order valence-corrected chi connectivity index (χ1v) is 46.2. The van der Waals surface area contributed by atoms with Crippen molar-refractivity contribution >= 4 is 0 Å². The second-order valence-corrected chi connectivity index (χ2v) is 37.5. The van der Waals surface area contributed by atoms with E-state index in [-0.39, 0.29) is 158 Å². The molecule has 18 nitrogen and oxygen atoms in total. The molecule has 0 aromatic rings. The van der Waals surface area contributed by atoms with Gasteiger partial charge in [0.2, 0.25) is 0 Å². The van der Waals surface area contributed by atoms with Crippen molar-refractivity contribution < 1.29 is 37.9 Å². The van der Waals surface area contributed by atoms with Crippen molar-refractivity contribution in [1.29, 1.82) is 0 Å². The maximum Gasteiger partial charge on any atom is 0.0792 e. The van der Waals surface area contributed by atoms with Gasteiger partial charge in [-0.05, 0) is 170 Å². The first kappa shape index (κ1) is 79.5. The molecule has 0 radical (unpaired) electrons. The molecule has 0 spiro atoms. The van der Waals surface area contributed by atoms with Gasteiger partial charge in [0.05, 0.1) is 98.2 Å². The minimum atomic E-state index is -0.120. The second kappa shape index (κ2) is 37.7. The lowest BCUT2D eigenvalue weighted by atomic mass is 9.53. The normalized spacial score (nSPS) is 47.6. The van der Waals surface area contributed by atoms with E-state index in [1.165, 1.54) is 77.0 Å². The van der Waals surface area contributed by atoms with Crippen molar-refractivity contribution in [3.63, 3.8) is 0 Å². The van der Waals surface area contributed by atoms with Crippen LogP contribution < -0.4 is 47.9 Å². The Balaban J connectivity index is 0.933. The van der Waals surface area contributed by atoms with Gasteiger partial charge in [0.1, 0.15) is 0 Å². The van der Waals surface area contributed by atoms with Gasteiger partial charge in [-0.3, -0.25) is 42.1 Å². The van der Waals surface area contributed by atoms with E-state index < -0.39 is 0 Å². The number of hydrogen-bond acceptors (Lipinski definition) is 18. The Bertz CT molecular complexity index is 2610. The predicted molar refractivity (Wildman–Crippen MR) is 417 cm³/mol. The SMILES string of the molecule is CCCCOC1C2CC3CCCCC3CC2C(OCCCC)C2C3NC(NC4NC(NC5C6C(OCCCC)C7NCCCC7C(OCCCC)C6C(NC6NC(N3)C3C(OCCCC)C7CCCNC7C(OCCCC)C63)N5C)C3C(OCCCC)C5CC6CCCCC6CC5C(OCCCC)C43)C12. The highest BCUT2D eigenvalue weighted by atomic mass is 16.5. The Morgan fingerprint density at radius 3 is 0.771 bits per heavy atom. The van der Waals surface area contributed by atoms with E-state index >= 15 is 0 Å². The third-order valence-corrected chi connectivity index (χ3v) is 31.6. The summed E-state index contributed by atoms with van der Waals surface area (Å²) in [6, 6.07) is 0.365. The summed E-state index contributed by atoms with van der Waals surface area (Å²) < 4.78 is 62.7. The molecule has 0 aromatic heterocycles. The van der Waals surface area contributed by atoms with Gasteiger partial charge in [0, 0.05) is 124 Å². The van der Waals surface area contributed by atoms with Gasteiger partial charge in [-0.25, -0.2) is 0 Å². The summed E-state index contributed by atoms with van der Waals surface area (Å²) in [6.45, 7) is 27.1. The summed E-state index contributed by atoms with van der Waals surface area (Å²) >= 11 is 0. The van der Waals surface area contributed by atoms with Gasteiger partial charge >= 0.3 is 0 Å². The van der Waals surface area contributed by atoms with Crippen LogP contribution in [0, 0.1) is 107 Å². The number of rotatable bonds is 32. The fourth-order valence-corrected chi connectivity index (χ4v) is 26.8. The smallest absolute Gasteiger partial charge is 0.0792 e. The first-order valence-electron chi connectivity index (χ1n) is 46.2. The highest BCUT2D eigenvalue weighted by Crippen LogP contribution is 2.61. The Morgan fingerprint density at radius 1 is 0.257 bits per heavy atom. The summed E-state index contributed by atoms with van der Waals surface area (Å²) in [5, 5.41) is 42.1. The van der Waals surface area contributed by atoms with E-state index in [9.17, 15) is 0 Å². The van der Waals surface area contributed by atoms with Crippen molar-refractivity contribution in [3.8, 4) is 0 Å². The molecule has 105 heavy (non-hydrogen) atoms. The molecule has 36 atom stereocenters. The molecule has 7 heterocycles. The van der Waals surface area contributed by atoms with Crippen LogP contribution in [0.4, 0.5) is 0 Å². The first-order chi connectivity index (χ1) is 51.7. The van der Waals surface area contributed by atoms with Crippen LogP contribution in [0.25, 0.3) is 0 Å². The van der Waals surface area contributed by atoms with Crippen LogP contribution in [0.15, 0.2) is 0 Å². The molecule has 0 amide bonds. The molecule has 15 aliphatic rings. The van der Waals surface area contributed by atoms with Crippen LogP contribution in [0.5, 0.6) is 0 Å². The zero-order chi connectivity index (χ0) is 72.1. The molecule has 8 aliphatic carbocycles. The van der Waals surface area contributed by atoms with Crippen LogP contribution in [0.2, 0.25) is 0 Å². The van der Waals surface area contributed by atoms with E-state index in [4.69, 9.17) is 75.1 Å². The van der Waals surface area contributed by atoms with Crippen molar-refractivity contribution in [1.82, 2.24) is 52.8 Å². The van der Waals surface area contributed by atoms with Gasteiger partial charge in [-0.2, -0.15) is 0 Å². The highest BCUT2D eigenvalue weighted by molar-refractivity contribution is 5.21. The van der Waals surface area contributed by atoms with Crippen molar-refractivity contribution in [2.24, 2.45) is 107 Å². The molecule has 36 unspecified atom stereocenters. The van der Waals surface area contributed by atoms with Crippen LogP contribution in [-0.4, -0.2) is 188 Å². The van der Waals surface area contributed by atoms with E-state index in [1.54, 1.807) is 0 Å². The molecule has 7 aliphatic heterocycles. The standard InChI is InChI=1S/C87H156N10O8/c1-10-18-40-98-72-56-36-30-38-88-70(56)78(104-46-24-16-7)67-66(72)83-92-81-63-62(74(100-42-20-12-3)58-48-52-32-26-27-33-53(52)49-59(58)75(63)101-43-21-13-4)80(90-81)91-82-64-65(77(103-45-23-15-6)61-51-55-35-29-28-34-54(55)50-60(61)76(64)102-44-22-14-5)84(93-82)95-87-69-68(86(97(87)9)96-85(67)94-83)73(99-41-19-11-2)57-37-31-39-89-71(57)79(69)105-47-25-17-8/h52-96H,10-51H2,1-9H3. The largest absolute Gasteiger partial charge is 0.378 e. The summed E-state index contributed by atoms with van der Waals surface area (Å²) in [5.41, 5.74) is 0. The summed E-state index contributed by atoms with van der Waals surface area (Å²) in [4.78, 5) is 2.82. The lowest BCUT2D eigenvalue weighted by Gasteiger charge is -2.57. The summed E-state index contributed by atoms with van der Waals surface area (Å²) in [5.74, 6) is 6.34. The average molecular weight is 1470 g/mol. The summed E-state index contributed by atoms with van der Waals surface area (Å²) in [6.07, 6.45) is 37.6.